The first kappa shape index (κ1) is 21.6. The number of nitrogens with one attached hydrogen (secondary N) is 1. The summed E-state index contributed by atoms with van der Waals surface area (Å²) in [6.45, 7) is 7.77. The standard InChI is InChI=1S/C20H26BrN3O2S/c1-5-24(11-16-9-10-17(21)27-16)13-19(26)23(4)12-18(25)22-20-14(2)7-6-8-15(20)3/h6-10H,5,11-13H2,1-4H3,(H,22,25). The predicted octanol–water partition coefficient (Wildman–Crippen LogP) is 4.05. The van der Waals surface area contributed by atoms with E-state index in [0.29, 0.717) is 6.54 Å². The van der Waals surface area contributed by atoms with Crippen LogP contribution >= 0.6 is 27.3 Å². The van der Waals surface area contributed by atoms with E-state index in [9.17, 15) is 9.59 Å². The molecule has 0 atom stereocenters. The van der Waals surface area contributed by atoms with Crippen LogP contribution in [0.1, 0.15) is 22.9 Å². The molecule has 1 aromatic carbocycles. The topological polar surface area (TPSA) is 52.7 Å². The number of carbonyl (C=O) groups excluding carboxylic acids is 2. The van der Waals surface area contributed by atoms with E-state index in [1.807, 2.05) is 45.0 Å². The van der Waals surface area contributed by atoms with Gasteiger partial charge in [0.25, 0.3) is 0 Å². The Bertz CT molecular complexity index is 786. The molecule has 146 valence electrons. The first-order chi connectivity index (χ1) is 12.8. The molecule has 1 aromatic heterocycles. The number of benzene rings is 1. The zero-order valence-electron chi connectivity index (χ0n) is 16.2. The van der Waals surface area contributed by atoms with Crippen LogP contribution in [0.25, 0.3) is 0 Å². The van der Waals surface area contributed by atoms with E-state index < -0.39 is 0 Å². The Labute approximate surface area is 173 Å². The molecule has 0 radical (unpaired) electrons. The molecule has 0 saturated heterocycles. The van der Waals surface area contributed by atoms with E-state index in [-0.39, 0.29) is 18.4 Å². The van der Waals surface area contributed by atoms with Gasteiger partial charge in [0.2, 0.25) is 11.8 Å². The van der Waals surface area contributed by atoms with Crippen molar-refractivity contribution >= 4 is 44.8 Å². The first-order valence-corrected chi connectivity index (χ1v) is 10.5. The van der Waals surface area contributed by atoms with E-state index in [1.165, 1.54) is 9.78 Å². The number of thiophene rings is 1. The summed E-state index contributed by atoms with van der Waals surface area (Å²) in [5.74, 6) is -0.252. The van der Waals surface area contributed by atoms with Crippen LogP contribution in [0.4, 0.5) is 5.69 Å². The van der Waals surface area contributed by atoms with Crippen molar-refractivity contribution in [1.82, 2.24) is 9.80 Å². The van der Waals surface area contributed by atoms with Crippen molar-refractivity contribution in [3.05, 3.63) is 50.1 Å². The Hall–Kier alpha value is -1.70. The molecule has 2 rings (SSSR count). The van der Waals surface area contributed by atoms with Crippen LogP contribution in [0.3, 0.4) is 0 Å². The lowest BCUT2D eigenvalue weighted by Crippen LogP contribution is -2.41. The molecular weight excluding hydrogens is 426 g/mol. The maximum Gasteiger partial charge on any atom is 0.243 e. The summed E-state index contributed by atoms with van der Waals surface area (Å²) in [6.07, 6.45) is 0. The van der Waals surface area contributed by atoms with Gasteiger partial charge < -0.3 is 10.2 Å². The lowest BCUT2D eigenvalue weighted by Gasteiger charge is -2.23. The van der Waals surface area contributed by atoms with E-state index in [0.717, 1.165) is 33.7 Å². The van der Waals surface area contributed by atoms with Crippen LogP contribution in [-0.2, 0) is 16.1 Å². The number of rotatable bonds is 8. The molecule has 1 N–H and O–H groups in total. The fourth-order valence-corrected chi connectivity index (χ4v) is 4.27. The predicted molar refractivity (Wildman–Crippen MR) is 115 cm³/mol. The third-order valence-corrected chi connectivity index (χ3v) is 5.97. The molecule has 5 nitrogen and oxygen atoms in total. The smallest absolute Gasteiger partial charge is 0.243 e. The molecule has 0 bridgehead atoms. The zero-order valence-corrected chi connectivity index (χ0v) is 18.6. The zero-order chi connectivity index (χ0) is 20.0. The molecule has 0 aliphatic rings. The molecule has 0 aliphatic carbocycles. The normalized spacial score (nSPS) is 10.9. The summed E-state index contributed by atoms with van der Waals surface area (Å²) in [6, 6.07) is 9.95. The Morgan fingerprint density at radius 3 is 2.33 bits per heavy atom. The summed E-state index contributed by atoms with van der Waals surface area (Å²) in [5, 5.41) is 2.92. The maximum atomic E-state index is 12.5. The van der Waals surface area contributed by atoms with Crippen molar-refractivity contribution in [2.75, 3.05) is 32.0 Å². The molecule has 1 heterocycles. The van der Waals surface area contributed by atoms with Crippen LogP contribution < -0.4 is 5.32 Å². The molecule has 2 aromatic rings. The minimum atomic E-state index is -0.187. The average Bonchev–Trinajstić information content (AvgIpc) is 3.02. The molecular formula is C20H26BrN3O2S. The molecule has 0 saturated carbocycles. The van der Waals surface area contributed by atoms with Gasteiger partial charge in [0.05, 0.1) is 16.9 Å². The minimum absolute atomic E-state index is 0.0364. The van der Waals surface area contributed by atoms with Crippen molar-refractivity contribution in [2.45, 2.75) is 27.3 Å². The summed E-state index contributed by atoms with van der Waals surface area (Å²) in [4.78, 5) is 29.6. The summed E-state index contributed by atoms with van der Waals surface area (Å²) in [7, 11) is 1.67. The number of para-hydroxylation sites is 1. The number of hydrogen-bond acceptors (Lipinski definition) is 4. The number of likely N-dealkylation sites (N-methyl/N-ethyl adjacent to an activating group) is 2. The monoisotopic (exact) mass is 451 g/mol. The molecule has 0 fully saturated rings. The minimum Gasteiger partial charge on any atom is -0.335 e. The van der Waals surface area contributed by atoms with Crippen LogP contribution in [0.5, 0.6) is 0 Å². The molecule has 0 spiro atoms. The van der Waals surface area contributed by atoms with Gasteiger partial charge in [-0.25, -0.2) is 0 Å². The Kier molecular flexibility index (Phi) is 8.01. The third kappa shape index (κ3) is 6.45. The highest BCUT2D eigenvalue weighted by Gasteiger charge is 2.17. The number of nitrogens with zero attached hydrogens (tertiary/aromatic N) is 2. The molecule has 0 unspecified atom stereocenters. The van der Waals surface area contributed by atoms with Crippen LogP contribution in [0.15, 0.2) is 34.1 Å². The van der Waals surface area contributed by atoms with Crippen molar-refractivity contribution in [1.29, 1.82) is 0 Å². The van der Waals surface area contributed by atoms with Crippen LogP contribution in [0.2, 0.25) is 0 Å². The van der Waals surface area contributed by atoms with E-state index in [4.69, 9.17) is 0 Å². The third-order valence-electron chi connectivity index (χ3n) is 4.37. The lowest BCUT2D eigenvalue weighted by atomic mass is 10.1. The van der Waals surface area contributed by atoms with Gasteiger partial charge >= 0.3 is 0 Å². The highest BCUT2D eigenvalue weighted by molar-refractivity contribution is 9.11. The number of halogens is 1. The SMILES string of the molecule is CCN(CC(=O)N(C)CC(=O)Nc1c(C)cccc1C)Cc1ccc(Br)s1. The van der Waals surface area contributed by atoms with Crippen molar-refractivity contribution in [2.24, 2.45) is 0 Å². The fourth-order valence-electron chi connectivity index (χ4n) is 2.74. The molecule has 2 amide bonds. The van der Waals surface area contributed by atoms with Gasteiger partial charge in [-0.05, 0) is 59.6 Å². The van der Waals surface area contributed by atoms with Crippen molar-refractivity contribution in [3.8, 4) is 0 Å². The van der Waals surface area contributed by atoms with Gasteiger partial charge in [-0.1, -0.05) is 25.1 Å². The highest BCUT2D eigenvalue weighted by Crippen LogP contribution is 2.23. The van der Waals surface area contributed by atoms with Crippen LogP contribution in [-0.4, -0.2) is 48.3 Å². The van der Waals surface area contributed by atoms with E-state index >= 15 is 0 Å². The molecule has 27 heavy (non-hydrogen) atoms. The van der Waals surface area contributed by atoms with E-state index in [2.05, 4.69) is 32.2 Å². The Morgan fingerprint density at radius 2 is 1.78 bits per heavy atom. The maximum absolute atomic E-state index is 12.5. The Balaban J connectivity index is 1.89. The number of anilines is 1. The van der Waals surface area contributed by atoms with Gasteiger partial charge in [-0.2, -0.15) is 0 Å². The summed E-state index contributed by atoms with van der Waals surface area (Å²) in [5.41, 5.74) is 2.84. The highest BCUT2D eigenvalue weighted by atomic mass is 79.9. The quantitative estimate of drug-likeness (QED) is 0.658. The lowest BCUT2D eigenvalue weighted by molar-refractivity contribution is -0.134. The van der Waals surface area contributed by atoms with Crippen LogP contribution in [0, 0.1) is 13.8 Å². The van der Waals surface area contributed by atoms with Crippen molar-refractivity contribution < 1.29 is 9.59 Å². The number of carbonyl (C=O) groups is 2. The molecule has 0 aliphatic heterocycles. The second-order valence-corrected chi connectivity index (χ2v) is 9.12. The summed E-state index contributed by atoms with van der Waals surface area (Å²) < 4.78 is 1.08. The number of amides is 2. The first-order valence-electron chi connectivity index (χ1n) is 8.86. The second-order valence-electron chi connectivity index (χ2n) is 6.57. The van der Waals surface area contributed by atoms with Gasteiger partial charge in [-0.3, -0.25) is 14.5 Å². The van der Waals surface area contributed by atoms with Gasteiger partial charge in [-0.15, -0.1) is 11.3 Å². The van der Waals surface area contributed by atoms with Gasteiger partial charge in [0.15, 0.2) is 0 Å². The largest absolute Gasteiger partial charge is 0.335 e. The molecule has 7 heteroatoms. The summed E-state index contributed by atoms with van der Waals surface area (Å²) >= 11 is 5.13. The van der Waals surface area contributed by atoms with E-state index in [1.54, 1.807) is 18.4 Å². The number of aryl methyl sites for hydroxylation is 2. The fraction of sp³-hybridized carbons (Fsp3) is 0.400. The van der Waals surface area contributed by atoms with Gasteiger partial charge in [0.1, 0.15) is 0 Å². The van der Waals surface area contributed by atoms with Crippen molar-refractivity contribution in [3.63, 3.8) is 0 Å². The van der Waals surface area contributed by atoms with Gasteiger partial charge in [0, 0.05) is 24.2 Å². The Morgan fingerprint density at radius 1 is 1.11 bits per heavy atom. The number of hydrogen-bond donors (Lipinski definition) is 1. The average molecular weight is 452 g/mol. The second kappa shape index (κ2) is 10.0.